The third-order valence-electron chi connectivity index (χ3n) is 7.39. The maximum absolute atomic E-state index is 11.4. The Labute approximate surface area is 247 Å². The molecule has 0 bridgehead atoms. The van der Waals surface area contributed by atoms with Crippen molar-refractivity contribution in [2.75, 3.05) is 62.4 Å². The SMILES string of the molecule is C=C1OCC(CN(CC2COC(=O)O2)c2ccc(Cc3ccc(N(CC4COC(=O)O4)CC4COC(=O)O4)cc3)cc2)O1. The van der Waals surface area contributed by atoms with Crippen molar-refractivity contribution >= 4 is 29.8 Å². The molecule has 0 aliphatic carbocycles. The van der Waals surface area contributed by atoms with E-state index in [9.17, 15) is 14.4 Å². The standard InChI is InChI=1S/C30H32N2O11/c1-19-36-15-24(40-19)11-31(12-25-16-37-28(33)41-25)22-6-2-20(3-7-22)10-21-4-8-23(9-5-21)32(13-26-17-38-29(34)42-26)14-27-18-39-30(35)43-27/h2-9,24-27H,1,10-18H2. The lowest BCUT2D eigenvalue weighted by Gasteiger charge is -2.28. The number of carbonyl (C=O) groups is 3. The Balaban J connectivity index is 1.10. The molecule has 228 valence electrons. The predicted molar refractivity (Wildman–Crippen MR) is 149 cm³/mol. The van der Waals surface area contributed by atoms with Gasteiger partial charge in [0.2, 0.25) is 0 Å². The molecular formula is C30H32N2O11. The third-order valence-corrected chi connectivity index (χ3v) is 7.39. The van der Waals surface area contributed by atoms with E-state index in [1.165, 1.54) is 0 Å². The smallest absolute Gasteiger partial charge is 0.462 e. The second-order valence-corrected chi connectivity index (χ2v) is 10.6. The molecule has 0 spiro atoms. The molecular weight excluding hydrogens is 564 g/mol. The normalized spacial score (nSPS) is 24.2. The van der Waals surface area contributed by atoms with Gasteiger partial charge < -0.3 is 47.7 Å². The number of carbonyl (C=O) groups excluding carboxylic acids is 3. The van der Waals surface area contributed by atoms with E-state index in [1.807, 2.05) is 41.3 Å². The Hall–Kier alpha value is -4.81. The Bertz CT molecular complexity index is 1180. The fraction of sp³-hybridized carbons (Fsp3) is 0.433. The maximum Gasteiger partial charge on any atom is 0.508 e. The summed E-state index contributed by atoms with van der Waals surface area (Å²) in [4.78, 5) is 38.4. The van der Waals surface area contributed by atoms with Crippen LogP contribution in [0.3, 0.4) is 0 Å². The number of anilines is 2. The van der Waals surface area contributed by atoms with Crippen molar-refractivity contribution in [3.63, 3.8) is 0 Å². The molecule has 0 aromatic heterocycles. The summed E-state index contributed by atoms with van der Waals surface area (Å²) < 4.78 is 41.5. The van der Waals surface area contributed by atoms with Crippen LogP contribution < -0.4 is 9.80 Å². The summed E-state index contributed by atoms with van der Waals surface area (Å²) in [6.45, 7) is 6.40. The molecule has 4 saturated heterocycles. The topological polar surface area (TPSA) is 132 Å². The lowest BCUT2D eigenvalue weighted by molar-refractivity contribution is 0.115. The van der Waals surface area contributed by atoms with Gasteiger partial charge in [-0.15, -0.1) is 0 Å². The van der Waals surface area contributed by atoms with Crippen LogP contribution in [-0.2, 0) is 44.3 Å². The van der Waals surface area contributed by atoms with E-state index in [2.05, 4.69) is 23.6 Å². The monoisotopic (exact) mass is 596 g/mol. The summed E-state index contributed by atoms with van der Waals surface area (Å²) in [5.41, 5.74) is 4.05. The molecule has 2 aromatic carbocycles. The van der Waals surface area contributed by atoms with Crippen molar-refractivity contribution in [3.05, 3.63) is 72.2 Å². The number of benzene rings is 2. The molecule has 4 unspecified atom stereocenters. The van der Waals surface area contributed by atoms with Crippen molar-refractivity contribution in [2.45, 2.75) is 30.8 Å². The lowest BCUT2D eigenvalue weighted by Crippen LogP contribution is -2.39. The van der Waals surface area contributed by atoms with Crippen LogP contribution >= 0.6 is 0 Å². The Morgan fingerprint density at radius 1 is 0.535 bits per heavy atom. The van der Waals surface area contributed by atoms with Gasteiger partial charge >= 0.3 is 18.5 Å². The van der Waals surface area contributed by atoms with Crippen LogP contribution in [0.1, 0.15) is 11.1 Å². The van der Waals surface area contributed by atoms with Gasteiger partial charge in [-0.1, -0.05) is 24.3 Å². The van der Waals surface area contributed by atoms with Gasteiger partial charge in [0, 0.05) is 11.4 Å². The van der Waals surface area contributed by atoms with Gasteiger partial charge in [-0.2, -0.15) is 0 Å². The van der Waals surface area contributed by atoms with Crippen LogP contribution in [0.15, 0.2) is 61.1 Å². The number of nitrogens with zero attached hydrogens (tertiary/aromatic N) is 2. The minimum absolute atomic E-state index is 0.165. The van der Waals surface area contributed by atoms with Crippen LogP contribution in [-0.4, -0.2) is 95.5 Å². The van der Waals surface area contributed by atoms with Crippen LogP contribution in [0, 0.1) is 0 Å². The van der Waals surface area contributed by atoms with Crippen molar-refractivity contribution in [3.8, 4) is 0 Å². The molecule has 0 amide bonds. The summed E-state index contributed by atoms with van der Waals surface area (Å²) in [6, 6.07) is 16.2. The maximum atomic E-state index is 11.4. The van der Waals surface area contributed by atoms with Crippen LogP contribution in [0.4, 0.5) is 25.8 Å². The second kappa shape index (κ2) is 12.6. The highest BCUT2D eigenvalue weighted by Gasteiger charge is 2.32. The average molecular weight is 597 g/mol. The zero-order valence-corrected chi connectivity index (χ0v) is 23.4. The molecule has 0 saturated carbocycles. The lowest BCUT2D eigenvalue weighted by atomic mass is 10.0. The van der Waals surface area contributed by atoms with E-state index in [0.717, 1.165) is 22.5 Å². The van der Waals surface area contributed by atoms with Gasteiger partial charge in [0.25, 0.3) is 5.95 Å². The highest BCUT2D eigenvalue weighted by Crippen LogP contribution is 2.25. The molecule has 13 nitrogen and oxygen atoms in total. The number of hydrogen-bond donors (Lipinski definition) is 0. The van der Waals surface area contributed by atoms with E-state index in [-0.39, 0.29) is 32.0 Å². The minimum Gasteiger partial charge on any atom is -0.462 e. The van der Waals surface area contributed by atoms with Crippen molar-refractivity contribution in [1.29, 1.82) is 0 Å². The molecule has 4 aliphatic heterocycles. The molecule has 0 N–H and O–H groups in total. The summed E-state index contributed by atoms with van der Waals surface area (Å²) >= 11 is 0. The fourth-order valence-electron chi connectivity index (χ4n) is 5.33. The second-order valence-electron chi connectivity index (χ2n) is 10.6. The first-order valence-electron chi connectivity index (χ1n) is 14.0. The Kier molecular flexibility index (Phi) is 8.29. The van der Waals surface area contributed by atoms with Gasteiger partial charge in [-0.05, 0) is 48.4 Å². The summed E-state index contributed by atoms with van der Waals surface area (Å²) in [5, 5.41) is 0. The van der Waals surface area contributed by atoms with E-state index < -0.39 is 30.7 Å². The molecule has 13 heteroatoms. The average Bonchev–Trinajstić information content (AvgIpc) is 3.80. The Morgan fingerprint density at radius 3 is 1.19 bits per heavy atom. The van der Waals surface area contributed by atoms with Gasteiger partial charge in [0.05, 0.1) is 26.2 Å². The zero-order valence-electron chi connectivity index (χ0n) is 23.4. The molecule has 2 aromatic rings. The summed E-state index contributed by atoms with van der Waals surface area (Å²) in [6.07, 6.45) is -2.75. The summed E-state index contributed by atoms with van der Waals surface area (Å²) in [7, 11) is 0. The molecule has 6 rings (SSSR count). The summed E-state index contributed by atoms with van der Waals surface area (Å²) in [5.74, 6) is 0.303. The predicted octanol–water partition coefficient (Wildman–Crippen LogP) is 3.38. The highest BCUT2D eigenvalue weighted by atomic mass is 16.8. The Morgan fingerprint density at radius 2 is 0.884 bits per heavy atom. The molecule has 4 aliphatic rings. The van der Waals surface area contributed by atoms with E-state index >= 15 is 0 Å². The largest absolute Gasteiger partial charge is 0.508 e. The molecule has 4 atom stereocenters. The van der Waals surface area contributed by atoms with Crippen molar-refractivity contribution < 1.29 is 52.3 Å². The van der Waals surface area contributed by atoms with Gasteiger partial charge in [0.15, 0.2) is 24.4 Å². The number of cyclic esters (lactones) is 6. The first kappa shape index (κ1) is 28.3. The van der Waals surface area contributed by atoms with E-state index in [4.69, 9.17) is 37.9 Å². The first-order valence-corrected chi connectivity index (χ1v) is 14.0. The fourth-order valence-corrected chi connectivity index (χ4v) is 5.33. The van der Waals surface area contributed by atoms with Crippen molar-refractivity contribution in [1.82, 2.24) is 0 Å². The van der Waals surface area contributed by atoms with Gasteiger partial charge in [-0.3, -0.25) is 0 Å². The quantitative estimate of drug-likeness (QED) is 0.262. The first-order chi connectivity index (χ1) is 20.9. The molecule has 4 heterocycles. The number of ether oxygens (including phenoxy) is 8. The van der Waals surface area contributed by atoms with E-state index in [0.29, 0.717) is 45.2 Å². The third kappa shape index (κ3) is 7.34. The van der Waals surface area contributed by atoms with Crippen LogP contribution in [0.5, 0.6) is 0 Å². The molecule has 43 heavy (non-hydrogen) atoms. The zero-order chi connectivity index (χ0) is 29.8. The van der Waals surface area contributed by atoms with Gasteiger partial charge in [-0.25, -0.2) is 14.4 Å². The minimum atomic E-state index is -0.687. The van der Waals surface area contributed by atoms with Crippen LogP contribution in [0.25, 0.3) is 0 Å². The highest BCUT2D eigenvalue weighted by molar-refractivity contribution is 5.63. The number of hydrogen-bond acceptors (Lipinski definition) is 13. The van der Waals surface area contributed by atoms with Crippen molar-refractivity contribution in [2.24, 2.45) is 0 Å². The van der Waals surface area contributed by atoms with E-state index in [1.54, 1.807) is 0 Å². The van der Waals surface area contributed by atoms with Gasteiger partial charge in [0.1, 0.15) is 26.4 Å². The van der Waals surface area contributed by atoms with Crippen LogP contribution in [0.2, 0.25) is 0 Å². The molecule has 4 fully saturated rings. The molecule has 0 radical (unpaired) electrons. The number of rotatable bonds is 12.